The van der Waals surface area contributed by atoms with Crippen molar-refractivity contribution in [1.29, 1.82) is 0 Å². The third-order valence-corrected chi connectivity index (χ3v) is 3.10. The van der Waals surface area contributed by atoms with Crippen LogP contribution in [0.25, 0.3) is 0 Å². The van der Waals surface area contributed by atoms with Crippen molar-refractivity contribution in [2.24, 2.45) is 5.41 Å². The molecule has 0 aromatic carbocycles. The summed E-state index contributed by atoms with van der Waals surface area (Å²) in [5.74, 6) is -0.701. The number of halogens is 1. The highest BCUT2D eigenvalue weighted by molar-refractivity contribution is 6.25. The Balaban J connectivity index is 2.53. The van der Waals surface area contributed by atoms with Crippen molar-refractivity contribution in [3.05, 3.63) is 11.1 Å². The molecule has 1 fully saturated rings. The molecular formula is C10H16ClNO2. The molecule has 0 radical (unpaired) electrons. The van der Waals surface area contributed by atoms with Crippen LogP contribution in [-0.4, -0.2) is 35.6 Å². The van der Waals surface area contributed by atoms with E-state index >= 15 is 0 Å². The normalized spacial score (nSPS) is 29.5. The molecule has 3 nitrogen and oxygen atoms in total. The van der Waals surface area contributed by atoms with Gasteiger partial charge in [-0.25, -0.2) is 0 Å². The molecule has 1 aliphatic heterocycles. The number of carboxylic acids is 1. The Bertz CT molecular complexity index is 265. The first kappa shape index (κ1) is 11.5. The summed E-state index contributed by atoms with van der Waals surface area (Å²) in [7, 11) is 0. The van der Waals surface area contributed by atoms with Gasteiger partial charge in [0.25, 0.3) is 0 Å². The highest BCUT2D eigenvalue weighted by Gasteiger charge is 2.40. The van der Waals surface area contributed by atoms with Crippen LogP contribution < -0.4 is 0 Å². The Morgan fingerprint density at radius 3 is 2.79 bits per heavy atom. The maximum absolute atomic E-state index is 11.0. The minimum absolute atomic E-state index is 0.577. The first-order valence-electron chi connectivity index (χ1n) is 4.69. The number of hydrogen-bond acceptors (Lipinski definition) is 2. The van der Waals surface area contributed by atoms with Gasteiger partial charge >= 0.3 is 5.97 Å². The Kier molecular flexibility index (Phi) is 3.56. The molecular weight excluding hydrogens is 202 g/mol. The summed E-state index contributed by atoms with van der Waals surface area (Å²) in [5, 5.41) is 9.01. The summed E-state index contributed by atoms with van der Waals surface area (Å²) in [4.78, 5) is 13.1. The molecule has 14 heavy (non-hydrogen) atoms. The molecule has 0 aliphatic carbocycles. The molecule has 0 aromatic rings. The van der Waals surface area contributed by atoms with Crippen LogP contribution in [0.1, 0.15) is 20.3 Å². The topological polar surface area (TPSA) is 40.5 Å². The molecule has 0 bridgehead atoms. The zero-order valence-electron chi connectivity index (χ0n) is 8.59. The van der Waals surface area contributed by atoms with Crippen LogP contribution in [0.15, 0.2) is 11.1 Å². The second-order valence-electron chi connectivity index (χ2n) is 4.28. The molecule has 0 aromatic heterocycles. The lowest BCUT2D eigenvalue weighted by Gasteiger charge is -2.19. The molecule has 1 saturated heterocycles. The summed E-state index contributed by atoms with van der Waals surface area (Å²) in [6, 6.07) is 0. The predicted molar refractivity (Wildman–Crippen MR) is 56.4 cm³/mol. The molecule has 1 rings (SSSR count). The Morgan fingerprint density at radius 1 is 1.71 bits per heavy atom. The zero-order valence-corrected chi connectivity index (χ0v) is 9.34. The number of carboxylic acid groups (broad SMARTS) is 1. The van der Waals surface area contributed by atoms with E-state index in [4.69, 9.17) is 16.7 Å². The molecule has 0 saturated carbocycles. The van der Waals surface area contributed by atoms with Gasteiger partial charge in [0.1, 0.15) is 0 Å². The predicted octanol–water partition coefficient (Wildman–Crippen LogP) is 1.93. The highest BCUT2D eigenvalue weighted by Crippen LogP contribution is 2.30. The molecule has 1 aliphatic rings. The van der Waals surface area contributed by atoms with Gasteiger partial charge in [-0.15, -0.1) is 0 Å². The van der Waals surface area contributed by atoms with Gasteiger partial charge in [0.15, 0.2) is 0 Å². The van der Waals surface area contributed by atoms with Crippen molar-refractivity contribution in [3.63, 3.8) is 0 Å². The fourth-order valence-electron chi connectivity index (χ4n) is 1.75. The molecule has 1 atom stereocenters. The van der Waals surface area contributed by atoms with Crippen molar-refractivity contribution in [3.8, 4) is 0 Å². The van der Waals surface area contributed by atoms with Gasteiger partial charge < -0.3 is 5.11 Å². The molecule has 1 heterocycles. The number of carbonyl (C=O) groups is 1. The van der Waals surface area contributed by atoms with Crippen molar-refractivity contribution in [1.82, 2.24) is 4.90 Å². The standard InChI is InChI=1S/C10H16ClNO2/c1-8(5-11)6-12-4-3-10(2,7-12)9(13)14/h5H,3-4,6-7H2,1-2H3,(H,13,14). The van der Waals surface area contributed by atoms with E-state index in [1.165, 1.54) is 0 Å². The second kappa shape index (κ2) is 4.32. The summed E-state index contributed by atoms with van der Waals surface area (Å²) >= 11 is 5.56. The van der Waals surface area contributed by atoms with E-state index in [2.05, 4.69) is 4.90 Å². The smallest absolute Gasteiger partial charge is 0.310 e. The van der Waals surface area contributed by atoms with E-state index in [9.17, 15) is 4.79 Å². The van der Waals surface area contributed by atoms with Gasteiger partial charge in [0.05, 0.1) is 5.41 Å². The van der Waals surface area contributed by atoms with Crippen LogP contribution in [0, 0.1) is 5.41 Å². The lowest BCUT2D eigenvalue weighted by molar-refractivity contribution is -0.147. The van der Waals surface area contributed by atoms with Gasteiger partial charge in [0, 0.05) is 18.6 Å². The van der Waals surface area contributed by atoms with Crippen LogP contribution in [0.3, 0.4) is 0 Å². The maximum atomic E-state index is 11.0. The van der Waals surface area contributed by atoms with Gasteiger partial charge in [-0.3, -0.25) is 9.69 Å². The van der Waals surface area contributed by atoms with Crippen LogP contribution in [0.4, 0.5) is 0 Å². The fraction of sp³-hybridized carbons (Fsp3) is 0.700. The fourth-order valence-corrected chi connectivity index (χ4v) is 1.82. The van der Waals surface area contributed by atoms with Gasteiger partial charge in [-0.1, -0.05) is 11.6 Å². The average Bonchev–Trinajstić information content (AvgIpc) is 2.49. The van der Waals surface area contributed by atoms with Crippen molar-refractivity contribution in [2.45, 2.75) is 20.3 Å². The molecule has 1 N–H and O–H groups in total. The summed E-state index contributed by atoms with van der Waals surface area (Å²) < 4.78 is 0. The quantitative estimate of drug-likeness (QED) is 0.786. The van der Waals surface area contributed by atoms with Crippen LogP contribution in [0.2, 0.25) is 0 Å². The highest BCUT2D eigenvalue weighted by atomic mass is 35.5. The monoisotopic (exact) mass is 217 g/mol. The molecule has 0 amide bonds. The Hall–Kier alpha value is -0.540. The van der Waals surface area contributed by atoms with Crippen LogP contribution in [0.5, 0.6) is 0 Å². The lowest BCUT2D eigenvalue weighted by Crippen LogP contribution is -2.32. The van der Waals surface area contributed by atoms with Crippen molar-refractivity contribution < 1.29 is 9.90 Å². The number of aliphatic carboxylic acids is 1. The Morgan fingerprint density at radius 2 is 2.36 bits per heavy atom. The third-order valence-electron chi connectivity index (χ3n) is 2.73. The first-order chi connectivity index (χ1) is 6.48. The first-order valence-corrected chi connectivity index (χ1v) is 5.13. The SMILES string of the molecule is CC(=CCl)CN1CCC(C)(C(=O)O)C1. The third kappa shape index (κ3) is 2.49. The average molecular weight is 218 g/mol. The van der Waals surface area contributed by atoms with Gasteiger partial charge in [-0.2, -0.15) is 0 Å². The van der Waals surface area contributed by atoms with E-state index in [0.717, 1.165) is 25.1 Å². The van der Waals surface area contributed by atoms with Gasteiger partial charge in [-0.05, 0) is 32.4 Å². The number of rotatable bonds is 3. The molecule has 4 heteroatoms. The van der Waals surface area contributed by atoms with E-state index in [1.807, 2.05) is 6.92 Å². The number of nitrogens with zero attached hydrogens (tertiary/aromatic N) is 1. The Labute approximate surface area is 89.3 Å². The maximum Gasteiger partial charge on any atom is 0.310 e. The summed E-state index contributed by atoms with van der Waals surface area (Å²) in [6.07, 6.45) is 0.720. The molecule has 80 valence electrons. The van der Waals surface area contributed by atoms with Crippen molar-refractivity contribution in [2.75, 3.05) is 19.6 Å². The van der Waals surface area contributed by atoms with Gasteiger partial charge in [0.2, 0.25) is 0 Å². The minimum atomic E-state index is -0.701. The van der Waals surface area contributed by atoms with Crippen LogP contribution >= 0.6 is 11.6 Å². The lowest BCUT2D eigenvalue weighted by atomic mass is 9.90. The summed E-state index contributed by atoms with van der Waals surface area (Å²) in [5.41, 5.74) is 2.05. The molecule has 0 spiro atoms. The largest absolute Gasteiger partial charge is 0.481 e. The second-order valence-corrected chi connectivity index (χ2v) is 4.50. The van der Waals surface area contributed by atoms with E-state index in [1.54, 1.807) is 12.5 Å². The van der Waals surface area contributed by atoms with E-state index < -0.39 is 11.4 Å². The number of likely N-dealkylation sites (tertiary alicyclic amines) is 1. The minimum Gasteiger partial charge on any atom is -0.481 e. The van der Waals surface area contributed by atoms with Crippen molar-refractivity contribution >= 4 is 17.6 Å². The van der Waals surface area contributed by atoms with Crippen LogP contribution in [-0.2, 0) is 4.79 Å². The zero-order chi connectivity index (χ0) is 10.8. The van der Waals surface area contributed by atoms with E-state index in [0.29, 0.717) is 6.54 Å². The van der Waals surface area contributed by atoms with E-state index in [-0.39, 0.29) is 0 Å². The molecule has 1 unspecified atom stereocenters. The summed E-state index contributed by atoms with van der Waals surface area (Å²) in [6.45, 7) is 5.97. The number of hydrogen-bond donors (Lipinski definition) is 1.